The summed E-state index contributed by atoms with van der Waals surface area (Å²) in [4.78, 5) is 12.4. The predicted molar refractivity (Wildman–Crippen MR) is 117 cm³/mol. The van der Waals surface area contributed by atoms with Gasteiger partial charge in [-0.3, -0.25) is 4.79 Å². The van der Waals surface area contributed by atoms with E-state index in [1.54, 1.807) is 48.5 Å². The van der Waals surface area contributed by atoms with Crippen molar-refractivity contribution < 1.29 is 28.8 Å². The minimum Gasteiger partial charge on any atom is -0.506 e. The van der Waals surface area contributed by atoms with E-state index in [9.17, 15) is 15.2 Å². The minimum atomic E-state index is -0.633. The van der Waals surface area contributed by atoms with Gasteiger partial charge in [0.25, 0.3) is 0 Å². The number of rotatable bonds is 9. The molecule has 0 amide bonds. The third-order valence-corrected chi connectivity index (χ3v) is 4.29. The molecule has 0 aliphatic heterocycles. The molecule has 0 aliphatic carbocycles. The van der Waals surface area contributed by atoms with Gasteiger partial charge in [0.1, 0.15) is 17.4 Å². The second-order valence-electron chi connectivity index (χ2n) is 6.13. The Morgan fingerprint density at radius 2 is 1.26 bits per heavy atom. The number of carbonyl (C=O) groups excluding carboxylic acids is 1. The molecule has 0 heterocycles. The summed E-state index contributed by atoms with van der Waals surface area (Å²) >= 11 is 0. The third kappa shape index (κ3) is 5.90. The van der Waals surface area contributed by atoms with Crippen LogP contribution in [0.2, 0.25) is 0 Å². The molecule has 0 saturated carbocycles. The Balaban J connectivity index is 2.23. The summed E-state index contributed by atoms with van der Waals surface area (Å²) in [7, 11) is 6.08. The van der Waals surface area contributed by atoms with Gasteiger partial charge in [-0.15, -0.1) is 0 Å². The number of nitrogens with zero attached hydrogens (tertiary/aromatic N) is 1. The zero-order valence-corrected chi connectivity index (χ0v) is 17.7. The number of allylic oxidation sites excluding steroid dienone is 3. The number of hydrogen-bond acceptors (Lipinski definition) is 7. The van der Waals surface area contributed by atoms with E-state index < -0.39 is 11.5 Å². The fraction of sp³-hybridized carbons (Fsp3) is 0.167. The second-order valence-corrected chi connectivity index (χ2v) is 6.13. The molecule has 0 fully saturated rings. The van der Waals surface area contributed by atoms with Crippen molar-refractivity contribution in [1.29, 1.82) is 5.26 Å². The summed E-state index contributed by atoms with van der Waals surface area (Å²) in [5, 5.41) is 19.6. The van der Waals surface area contributed by atoms with Crippen molar-refractivity contribution >= 4 is 17.9 Å². The van der Waals surface area contributed by atoms with Gasteiger partial charge in [0.15, 0.2) is 28.8 Å². The molecule has 0 unspecified atom stereocenters. The molecule has 2 aromatic rings. The third-order valence-electron chi connectivity index (χ3n) is 4.29. The molecule has 7 heteroatoms. The van der Waals surface area contributed by atoms with Gasteiger partial charge in [0.2, 0.25) is 0 Å². The van der Waals surface area contributed by atoms with Gasteiger partial charge in [0.05, 0.1) is 28.4 Å². The minimum absolute atomic E-state index is 0.381. The number of aliphatic hydroxyl groups is 1. The Morgan fingerprint density at radius 3 is 1.68 bits per heavy atom. The Labute approximate surface area is 181 Å². The fourth-order valence-corrected chi connectivity index (χ4v) is 2.67. The summed E-state index contributed by atoms with van der Waals surface area (Å²) in [6.07, 6.45) is 5.56. The standard InChI is InChI=1S/C24H23NO6/c1-28-21-11-7-16(13-23(21)30-3)5-9-19(26)18(15-25)20(27)10-6-17-8-12-22(29-2)24(14-17)31-4/h5-14,26H,1-4H3/b9-5+,10-6+,19-18?. The molecule has 0 aromatic heterocycles. The summed E-state index contributed by atoms with van der Waals surface area (Å²) in [6, 6.07) is 12.0. The van der Waals surface area contributed by atoms with Crippen LogP contribution in [0, 0.1) is 11.3 Å². The number of hydrogen-bond donors (Lipinski definition) is 1. The van der Waals surface area contributed by atoms with Crippen LogP contribution in [0.4, 0.5) is 0 Å². The van der Waals surface area contributed by atoms with Crippen LogP contribution >= 0.6 is 0 Å². The quantitative estimate of drug-likeness (QED) is 0.278. The highest BCUT2D eigenvalue weighted by atomic mass is 16.5. The van der Waals surface area contributed by atoms with E-state index in [2.05, 4.69) is 0 Å². The number of nitriles is 1. The van der Waals surface area contributed by atoms with Crippen LogP contribution in [0.15, 0.2) is 59.9 Å². The van der Waals surface area contributed by atoms with Crippen molar-refractivity contribution in [2.75, 3.05) is 28.4 Å². The molecule has 2 rings (SSSR count). The topological polar surface area (TPSA) is 98.0 Å². The lowest BCUT2D eigenvalue weighted by atomic mass is 10.1. The highest BCUT2D eigenvalue weighted by Crippen LogP contribution is 2.29. The predicted octanol–water partition coefficient (Wildman–Crippen LogP) is 4.35. The number of carbonyl (C=O) groups is 1. The van der Waals surface area contributed by atoms with Crippen molar-refractivity contribution in [3.05, 3.63) is 71.0 Å². The Morgan fingerprint density at radius 1 is 0.806 bits per heavy atom. The fourth-order valence-electron chi connectivity index (χ4n) is 2.67. The number of aliphatic hydroxyl groups excluding tert-OH is 1. The molecule has 0 spiro atoms. The van der Waals surface area contributed by atoms with Gasteiger partial charge < -0.3 is 24.1 Å². The summed E-state index contributed by atoms with van der Waals surface area (Å²) in [5.74, 6) is 1.07. The van der Waals surface area contributed by atoms with Gasteiger partial charge in [-0.1, -0.05) is 24.3 Å². The SMILES string of the molecule is COc1ccc(/C=C/C(=O)C(C#N)=C(O)/C=C/c2ccc(OC)c(OC)c2)cc1OC. The first-order chi connectivity index (χ1) is 15.0. The normalized spacial score (nSPS) is 11.7. The molecular weight excluding hydrogens is 398 g/mol. The zero-order chi connectivity index (χ0) is 22.8. The van der Waals surface area contributed by atoms with E-state index in [0.717, 1.165) is 0 Å². The van der Waals surface area contributed by atoms with Crippen molar-refractivity contribution in [3.8, 4) is 29.1 Å². The number of ether oxygens (including phenoxy) is 4. The number of benzene rings is 2. The van der Waals surface area contributed by atoms with E-state index in [0.29, 0.717) is 34.1 Å². The molecule has 0 radical (unpaired) electrons. The molecule has 7 nitrogen and oxygen atoms in total. The van der Waals surface area contributed by atoms with Gasteiger partial charge in [-0.2, -0.15) is 5.26 Å². The summed E-state index contributed by atoms with van der Waals surface area (Å²) in [5.41, 5.74) is 0.979. The monoisotopic (exact) mass is 421 g/mol. The van der Waals surface area contributed by atoms with Crippen LogP contribution in [0.25, 0.3) is 12.2 Å². The number of ketones is 1. The van der Waals surface area contributed by atoms with Crippen molar-refractivity contribution in [3.63, 3.8) is 0 Å². The maximum absolute atomic E-state index is 12.4. The molecular formula is C24H23NO6. The Kier molecular flexibility index (Phi) is 8.29. The molecule has 31 heavy (non-hydrogen) atoms. The van der Waals surface area contributed by atoms with E-state index in [1.807, 2.05) is 0 Å². The lowest BCUT2D eigenvalue weighted by Gasteiger charge is -2.07. The average molecular weight is 421 g/mol. The lowest BCUT2D eigenvalue weighted by Crippen LogP contribution is -2.00. The van der Waals surface area contributed by atoms with Crippen LogP contribution < -0.4 is 18.9 Å². The maximum Gasteiger partial charge on any atom is 0.200 e. The van der Waals surface area contributed by atoms with E-state index in [4.69, 9.17) is 18.9 Å². The Hall–Kier alpha value is -4.18. The van der Waals surface area contributed by atoms with Crippen molar-refractivity contribution in [1.82, 2.24) is 0 Å². The highest BCUT2D eigenvalue weighted by Gasteiger charge is 2.11. The van der Waals surface area contributed by atoms with Crippen LogP contribution in [0.3, 0.4) is 0 Å². The molecule has 1 N–H and O–H groups in total. The molecule has 0 atom stereocenters. The Bertz CT molecular complexity index is 1080. The largest absolute Gasteiger partial charge is 0.506 e. The van der Waals surface area contributed by atoms with Crippen molar-refractivity contribution in [2.45, 2.75) is 0 Å². The first-order valence-electron chi connectivity index (χ1n) is 9.15. The first-order valence-corrected chi connectivity index (χ1v) is 9.15. The smallest absolute Gasteiger partial charge is 0.200 e. The first kappa shape index (κ1) is 23.1. The molecule has 0 saturated heterocycles. The molecule has 0 aliphatic rings. The van der Waals surface area contributed by atoms with E-state index >= 15 is 0 Å². The van der Waals surface area contributed by atoms with Gasteiger partial charge in [0, 0.05) is 0 Å². The van der Waals surface area contributed by atoms with Crippen LogP contribution in [-0.4, -0.2) is 39.3 Å². The molecule has 0 bridgehead atoms. The lowest BCUT2D eigenvalue weighted by molar-refractivity contribution is -0.111. The van der Waals surface area contributed by atoms with Crippen molar-refractivity contribution in [2.24, 2.45) is 0 Å². The van der Waals surface area contributed by atoms with Gasteiger partial charge >= 0.3 is 0 Å². The van der Waals surface area contributed by atoms with Gasteiger partial charge in [-0.25, -0.2) is 0 Å². The summed E-state index contributed by atoms with van der Waals surface area (Å²) < 4.78 is 20.8. The summed E-state index contributed by atoms with van der Waals surface area (Å²) in [6.45, 7) is 0. The molecule has 160 valence electrons. The molecule has 2 aromatic carbocycles. The van der Waals surface area contributed by atoms with E-state index in [1.165, 1.54) is 46.7 Å². The highest BCUT2D eigenvalue weighted by molar-refractivity contribution is 6.09. The van der Waals surface area contributed by atoms with Crippen LogP contribution in [-0.2, 0) is 4.79 Å². The number of methoxy groups -OCH3 is 4. The van der Waals surface area contributed by atoms with Crippen LogP contribution in [0.1, 0.15) is 11.1 Å². The zero-order valence-electron chi connectivity index (χ0n) is 17.7. The maximum atomic E-state index is 12.4. The second kappa shape index (κ2) is 11.1. The van der Waals surface area contributed by atoms with Gasteiger partial charge in [-0.05, 0) is 47.5 Å². The van der Waals surface area contributed by atoms with E-state index in [-0.39, 0.29) is 5.57 Å². The average Bonchev–Trinajstić information content (AvgIpc) is 2.81. The van der Waals surface area contributed by atoms with Crippen LogP contribution in [0.5, 0.6) is 23.0 Å².